The van der Waals surface area contributed by atoms with Crippen LogP contribution in [0.15, 0.2) is 54.8 Å². The van der Waals surface area contributed by atoms with E-state index in [2.05, 4.69) is 11.9 Å². The molecule has 1 aromatic rings. The minimum Gasteiger partial charge on any atom is -0.444 e. The van der Waals surface area contributed by atoms with Crippen LogP contribution in [0.1, 0.15) is 46.1 Å². The van der Waals surface area contributed by atoms with Crippen LogP contribution in [0.2, 0.25) is 0 Å². The number of amides is 2. The van der Waals surface area contributed by atoms with Gasteiger partial charge in [0, 0.05) is 13.1 Å². The molecular weight excluding hydrogens is 328 g/mol. The molecule has 1 N–H and O–H groups in total. The third-order valence-corrected chi connectivity index (χ3v) is 3.49. The van der Waals surface area contributed by atoms with E-state index in [-0.39, 0.29) is 11.6 Å². The Bertz CT molecular complexity index is 630. The lowest BCUT2D eigenvalue weighted by molar-refractivity contribution is -0.128. The summed E-state index contributed by atoms with van der Waals surface area (Å²) in [6, 6.07) is 9.78. The summed E-state index contributed by atoms with van der Waals surface area (Å²) in [5.74, 6) is -0.230. The zero-order valence-corrected chi connectivity index (χ0v) is 16.2. The second-order valence-corrected chi connectivity index (χ2v) is 6.97. The Morgan fingerprint density at radius 3 is 2.42 bits per heavy atom. The Balaban J connectivity index is 2.86. The molecule has 0 unspecified atom stereocenters. The second kappa shape index (κ2) is 10.4. The molecule has 0 atom stereocenters. The molecule has 0 radical (unpaired) electrons. The molecule has 0 fully saturated rings. The van der Waals surface area contributed by atoms with Crippen LogP contribution in [0.5, 0.6) is 0 Å². The standard InChI is InChI=1S/C21H30N2O3/c1-6-8-12-15-23(16-17-13-10-9-11-14-17)19(24)18(7-2)22-20(25)26-21(3,4)5/h6-7,9-11,13-14H,1,8,12,15-16H2,2-5H3,(H,22,25)/b18-7+. The molecule has 0 bridgehead atoms. The average Bonchev–Trinajstić information content (AvgIpc) is 2.57. The van der Waals surface area contributed by atoms with Gasteiger partial charge in [0.25, 0.3) is 5.91 Å². The van der Waals surface area contributed by atoms with Gasteiger partial charge in [-0.25, -0.2) is 4.79 Å². The molecule has 2 amide bonds. The fourth-order valence-electron chi connectivity index (χ4n) is 2.32. The van der Waals surface area contributed by atoms with Gasteiger partial charge in [-0.15, -0.1) is 6.58 Å². The number of ether oxygens (including phenoxy) is 1. The highest BCUT2D eigenvalue weighted by atomic mass is 16.6. The van der Waals surface area contributed by atoms with Gasteiger partial charge < -0.3 is 9.64 Å². The monoisotopic (exact) mass is 358 g/mol. The summed E-state index contributed by atoms with van der Waals surface area (Å²) in [5.41, 5.74) is 0.626. The van der Waals surface area contributed by atoms with Crippen molar-refractivity contribution in [2.75, 3.05) is 6.54 Å². The van der Waals surface area contributed by atoms with Crippen LogP contribution in [0.25, 0.3) is 0 Å². The van der Waals surface area contributed by atoms with Crippen molar-refractivity contribution in [3.8, 4) is 0 Å². The topological polar surface area (TPSA) is 58.6 Å². The van der Waals surface area contributed by atoms with Gasteiger partial charge in [-0.3, -0.25) is 10.1 Å². The lowest BCUT2D eigenvalue weighted by atomic mass is 10.2. The maximum Gasteiger partial charge on any atom is 0.412 e. The van der Waals surface area contributed by atoms with Crippen LogP contribution in [-0.2, 0) is 16.1 Å². The third-order valence-electron chi connectivity index (χ3n) is 3.49. The number of nitrogens with one attached hydrogen (secondary N) is 1. The van der Waals surface area contributed by atoms with E-state index in [1.165, 1.54) is 0 Å². The van der Waals surface area contributed by atoms with Gasteiger partial charge in [-0.05, 0) is 46.1 Å². The van der Waals surface area contributed by atoms with E-state index in [1.807, 2.05) is 36.4 Å². The number of allylic oxidation sites excluding steroid dienone is 2. The molecule has 0 aliphatic heterocycles. The molecule has 0 heterocycles. The van der Waals surface area contributed by atoms with Crippen molar-refractivity contribution in [3.05, 3.63) is 60.3 Å². The van der Waals surface area contributed by atoms with Crippen molar-refractivity contribution in [3.63, 3.8) is 0 Å². The van der Waals surface area contributed by atoms with Gasteiger partial charge in [-0.2, -0.15) is 0 Å². The first-order chi connectivity index (χ1) is 12.3. The summed E-state index contributed by atoms with van der Waals surface area (Å²) in [6.45, 7) is 11.8. The molecule has 0 aliphatic carbocycles. The fraction of sp³-hybridized carbons (Fsp3) is 0.429. The molecule has 0 spiro atoms. The lowest BCUT2D eigenvalue weighted by Gasteiger charge is -2.25. The van der Waals surface area contributed by atoms with Gasteiger partial charge in [0.1, 0.15) is 11.3 Å². The first-order valence-corrected chi connectivity index (χ1v) is 8.87. The molecule has 0 saturated carbocycles. The van der Waals surface area contributed by atoms with Gasteiger partial charge in [0.15, 0.2) is 0 Å². The molecule has 1 rings (SSSR count). The number of hydrogen-bond acceptors (Lipinski definition) is 3. The Labute approximate surface area is 156 Å². The van der Waals surface area contributed by atoms with Crippen LogP contribution in [0, 0.1) is 0 Å². The molecule has 5 nitrogen and oxygen atoms in total. The van der Waals surface area contributed by atoms with E-state index in [0.29, 0.717) is 13.1 Å². The van der Waals surface area contributed by atoms with Crippen LogP contribution >= 0.6 is 0 Å². The second-order valence-electron chi connectivity index (χ2n) is 6.97. The van der Waals surface area contributed by atoms with E-state index in [9.17, 15) is 9.59 Å². The summed E-state index contributed by atoms with van der Waals surface area (Å²) in [7, 11) is 0. The quantitative estimate of drug-likeness (QED) is 0.425. The maximum absolute atomic E-state index is 12.9. The van der Waals surface area contributed by atoms with E-state index < -0.39 is 11.7 Å². The van der Waals surface area contributed by atoms with Gasteiger partial charge in [0.05, 0.1) is 0 Å². The Morgan fingerprint density at radius 1 is 1.23 bits per heavy atom. The Morgan fingerprint density at radius 2 is 1.88 bits per heavy atom. The summed E-state index contributed by atoms with van der Waals surface area (Å²) < 4.78 is 5.24. The number of carbonyl (C=O) groups excluding carboxylic acids is 2. The van der Waals surface area contributed by atoms with Crippen molar-refractivity contribution in [2.24, 2.45) is 0 Å². The van der Waals surface area contributed by atoms with Crippen molar-refractivity contribution < 1.29 is 14.3 Å². The molecule has 5 heteroatoms. The summed E-state index contributed by atoms with van der Waals surface area (Å²) in [6.07, 6.45) is 4.43. The number of benzene rings is 1. The average molecular weight is 358 g/mol. The predicted molar refractivity (Wildman–Crippen MR) is 104 cm³/mol. The third kappa shape index (κ3) is 8.01. The number of rotatable bonds is 8. The highest BCUT2D eigenvalue weighted by Gasteiger charge is 2.22. The summed E-state index contributed by atoms with van der Waals surface area (Å²) in [4.78, 5) is 26.7. The van der Waals surface area contributed by atoms with Crippen LogP contribution in [0.4, 0.5) is 4.79 Å². The van der Waals surface area contributed by atoms with E-state index in [0.717, 1.165) is 18.4 Å². The van der Waals surface area contributed by atoms with Gasteiger partial charge in [0.2, 0.25) is 0 Å². The fourth-order valence-corrected chi connectivity index (χ4v) is 2.32. The SMILES string of the molecule is C=CCCCN(Cc1ccccc1)C(=O)/C(=C\C)NC(=O)OC(C)(C)C. The molecule has 0 aromatic heterocycles. The Kier molecular flexibility index (Phi) is 8.62. The zero-order chi connectivity index (χ0) is 19.6. The summed E-state index contributed by atoms with van der Waals surface area (Å²) >= 11 is 0. The van der Waals surface area contributed by atoms with Crippen LogP contribution in [0.3, 0.4) is 0 Å². The molecule has 0 saturated heterocycles. The highest BCUT2D eigenvalue weighted by molar-refractivity contribution is 5.96. The summed E-state index contributed by atoms with van der Waals surface area (Å²) in [5, 5.41) is 2.57. The number of hydrogen-bond donors (Lipinski definition) is 1. The number of carbonyl (C=O) groups is 2. The van der Waals surface area contributed by atoms with E-state index >= 15 is 0 Å². The smallest absolute Gasteiger partial charge is 0.412 e. The minimum atomic E-state index is -0.635. The normalized spacial score (nSPS) is 11.6. The van der Waals surface area contributed by atoms with Crippen molar-refractivity contribution in [1.82, 2.24) is 10.2 Å². The van der Waals surface area contributed by atoms with E-state index in [1.54, 1.807) is 38.7 Å². The zero-order valence-electron chi connectivity index (χ0n) is 16.2. The van der Waals surface area contributed by atoms with E-state index in [4.69, 9.17) is 4.74 Å². The molecule has 26 heavy (non-hydrogen) atoms. The minimum absolute atomic E-state index is 0.216. The van der Waals surface area contributed by atoms with Gasteiger partial charge in [-0.1, -0.05) is 42.5 Å². The first-order valence-electron chi connectivity index (χ1n) is 8.87. The largest absolute Gasteiger partial charge is 0.444 e. The van der Waals surface area contributed by atoms with Gasteiger partial charge >= 0.3 is 6.09 Å². The molecular formula is C21H30N2O3. The highest BCUT2D eigenvalue weighted by Crippen LogP contribution is 2.11. The number of unbranched alkanes of at least 4 members (excludes halogenated alkanes) is 1. The maximum atomic E-state index is 12.9. The number of nitrogens with zero attached hydrogens (tertiary/aromatic N) is 1. The number of alkyl carbamates (subject to hydrolysis) is 1. The first kappa shape index (κ1) is 21.5. The van der Waals surface area contributed by atoms with Crippen LogP contribution < -0.4 is 5.32 Å². The molecule has 1 aromatic carbocycles. The van der Waals surface area contributed by atoms with Crippen molar-refractivity contribution in [1.29, 1.82) is 0 Å². The lowest BCUT2D eigenvalue weighted by Crippen LogP contribution is -2.40. The van der Waals surface area contributed by atoms with Crippen molar-refractivity contribution >= 4 is 12.0 Å². The van der Waals surface area contributed by atoms with Crippen molar-refractivity contribution in [2.45, 2.75) is 52.7 Å². The predicted octanol–water partition coefficient (Wildman–Crippen LogP) is 4.41. The molecule has 0 aliphatic rings. The van der Waals surface area contributed by atoms with Crippen LogP contribution in [-0.4, -0.2) is 29.0 Å². The molecule has 142 valence electrons. The Hall–Kier alpha value is -2.56.